The molecule has 0 saturated carbocycles. The second-order valence-corrected chi connectivity index (χ2v) is 9.68. The number of hydrogen-bond acceptors (Lipinski definition) is 5. The maximum atomic E-state index is 12.9. The molecule has 1 N–H and O–H groups in total. The molecule has 158 valence electrons. The van der Waals surface area contributed by atoms with Crippen LogP contribution < -0.4 is 5.32 Å². The van der Waals surface area contributed by atoms with E-state index in [0.717, 1.165) is 10.6 Å². The van der Waals surface area contributed by atoms with Crippen LogP contribution in [0.5, 0.6) is 0 Å². The summed E-state index contributed by atoms with van der Waals surface area (Å²) in [4.78, 5) is 18.6. The largest absolute Gasteiger partial charge is 0.322 e. The molecule has 0 saturated heterocycles. The molecular formula is C22H25N3O3S2. The minimum absolute atomic E-state index is 0.201. The van der Waals surface area contributed by atoms with Crippen LogP contribution in [0, 0.1) is 13.8 Å². The molecule has 1 aromatic carbocycles. The number of nitrogens with zero attached hydrogens (tertiary/aromatic N) is 2. The highest BCUT2D eigenvalue weighted by Crippen LogP contribution is 2.26. The Labute approximate surface area is 181 Å². The lowest BCUT2D eigenvalue weighted by atomic mass is 10.1. The Balaban J connectivity index is 1.87. The first-order chi connectivity index (χ1) is 14.3. The van der Waals surface area contributed by atoms with Crippen LogP contribution in [0.1, 0.15) is 35.5 Å². The Hall–Kier alpha value is -2.55. The second kappa shape index (κ2) is 9.07. The maximum absolute atomic E-state index is 12.9. The number of sulfonamides is 1. The summed E-state index contributed by atoms with van der Waals surface area (Å²) < 4.78 is 27.3. The van der Waals surface area contributed by atoms with Crippen LogP contribution in [0.25, 0.3) is 10.6 Å². The summed E-state index contributed by atoms with van der Waals surface area (Å²) in [6.07, 6.45) is 0. The van der Waals surface area contributed by atoms with E-state index in [-0.39, 0.29) is 10.8 Å². The fraction of sp³-hybridized carbons (Fsp3) is 0.273. The molecule has 6 nitrogen and oxygen atoms in total. The minimum atomic E-state index is -3.62. The van der Waals surface area contributed by atoms with E-state index in [0.29, 0.717) is 35.6 Å². The van der Waals surface area contributed by atoms with Gasteiger partial charge in [0.05, 0.1) is 26.7 Å². The van der Waals surface area contributed by atoms with Crippen LogP contribution in [-0.2, 0) is 10.0 Å². The zero-order chi connectivity index (χ0) is 21.9. The fourth-order valence-corrected chi connectivity index (χ4v) is 5.62. The number of aromatic nitrogens is 1. The quantitative estimate of drug-likeness (QED) is 0.574. The first kappa shape index (κ1) is 22.1. The third-order valence-electron chi connectivity index (χ3n) is 4.87. The lowest BCUT2D eigenvalue weighted by molar-refractivity contribution is 0.102. The highest BCUT2D eigenvalue weighted by molar-refractivity contribution is 7.89. The Bertz CT molecular complexity index is 1150. The number of aryl methyl sites for hydroxylation is 2. The van der Waals surface area contributed by atoms with Crippen LogP contribution >= 0.6 is 11.3 Å². The number of nitrogens with one attached hydrogen (secondary N) is 1. The van der Waals surface area contributed by atoms with Gasteiger partial charge in [0.2, 0.25) is 10.0 Å². The molecule has 0 aliphatic rings. The monoisotopic (exact) mass is 443 g/mol. The van der Waals surface area contributed by atoms with Gasteiger partial charge in [-0.15, -0.1) is 11.3 Å². The van der Waals surface area contributed by atoms with E-state index in [1.807, 2.05) is 23.6 Å². The Morgan fingerprint density at radius 2 is 1.83 bits per heavy atom. The minimum Gasteiger partial charge on any atom is -0.322 e. The van der Waals surface area contributed by atoms with Crippen LogP contribution in [0.4, 0.5) is 5.69 Å². The Kier molecular flexibility index (Phi) is 6.70. The number of anilines is 1. The molecule has 3 aromatic rings. The second-order valence-electron chi connectivity index (χ2n) is 6.83. The van der Waals surface area contributed by atoms with Gasteiger partial charge in [0.15, 0.2) is 0 Å². The van der Waals surface area contributed by atoms with Gasteiger partial charge in [0.25, 0.3) is 5.91 Å². The fourth-order valence-electron chi connectivity index (χ4n) is 3.22. The van der Waals surface area contributed by atoms with Gasteiger partial charge < -0.3 is 5.32 Å². The van der Waals surface area contributed by atoms with Crippen molar-refractivity contribution in [3.63, 3.8) is 0 Å². The predicted octanol–water partition coefficient (Wildman–Crippen LogP) is 4.71. The average molecular weight is 444 g/mol. The molecule has 0 bridgehead atoms. The molecule has 0 spiro atoms. The van der Waals surface area contributed by atoms with E-state index in [2.05, 4.69) is 10.3 Å². The first-order valence-corrected chi connectivity index (χ1v) is 12.0. The van der Waals surface area contributed by atoms with E-state index in [1.54, 1.807) is 57.2 Å². The summed E-state index contributed by atoms with van der Waals surface area (Å²) in [6, 6.07) is 12.4. The van der Waals surface area contributed by atoms with E-state index in [4.69, 9.17) is 0 Å². The van der Waals surface area contributed by atoms with Crippen LogP contribution in [0.15, 0.2) is 52.7 Å². The zero-order valence-electron chi connectivity index (χ0n) is 17.5. The van der Waals surface area contributed by atoms with Gasteiger partial charge in [-0.05, 0) is 55.1 Å². The van der Waals surface area contributed by atoms with Crippen molar-refractivity contribution in [1.82, 2.24) is 9.29 Å². The topological polar surface area (TPSA) is 79.4 Å². The molecule has 0 aliphatic carbocycles. The van der Waals surface area contributed by atoms with Gasteiger partial charge in [0, 0.05) is 18.8 Å². The Morgan fingerprint density at radius 3 is 2.43 bits per heavy atom. The zero-order valence-corrected chi connectivity index (χ0v) is 19.1. The molecule has 30 heavy (non-hydrogen) atoms. The molecule has 3 rings (SSSR count). The first-order valence-electron chi connectivity index (χ1n) is 9.71. The smallest absolute Gasteiger partial charge is 0.257 e. The molecule has 0 atom stereocenters. The SMILES string of the molecule is CCN(CC)S(=O)(=O)c1cc(NC(=O)c2ccc(-c3cccs3)nc2C)ccc1C. The lowest BCUT2D eigenvalue weighted by Crippen LogP contribution is -2.31. The van der Waals surface area contributed by atoms with E-state index < -0.39 is 10.0 Å². The normalized spacial score (nSPS) is 11.6. The molecule has 0 aliphatic heterocycles. The molecule has 1 amide bonds. The van der Waals surface area contributed by atoms with Crippen molar-refractivity contribution in [3.05, 3.63) is 64.7 Å². The summed E-state index contributed by atoms with van der Waals surface area (Å²) in [5, 5.41) is 4.79. The lowest BCUT2D eigenvalue weighted by Gasteiger charge is -2.20. The van der Waals surface area contributed by atoms with E-state index in [1.165, 1.54) is 10.4 Å². The highest BCUT2D eigenvalue weighted by atomic mass is 32.2. The molecule has 8 heteroatoms. The molecule has 0 fully saturated rings. The van der Waals surface area contributed by atoms with Gasteiger partial charge >= 0.3 is 0 Å². The third-order valence-corrected chi connectivity index (χ3v) is 7.96. The number of amides is 1. The molecule has 2 aromatic heterocycles. The number of carbonyl (C=O) groups excluding carboxylic acids is 1. The standard InChI is InChI=1S/C22H25N3O3S2/c1-5-25(6-2)30(27,28)21-14-17(10-9-15(21)3)24-22(26)18-11-12-19(23-16(18)4)20-8-7-13-29-20/h7-14H,5-6H2,1-4H3,(H,24,26). The number of carbonyl (C=O) groups is 1. The predicted molar refractivity (Wildman–Crippen MR) is 122 cm³/mol. The van der Waals surface area contributed by atoms with Crippen LogP contribution in [0.2, 0.25) is 0 Å². The highest BCUT2D eigenvalue weighted by Gasteiger charge is 2.24. The van der Waals surface area contributed by atoms with Crippen LogP contribution in [0.3, 0.4) is 0 Å². The van der Waals surface area contributed by atoms with E-state index in [9.17, 15) is 13.2 Å². The third kappa shape index (κ3) is 4.45. The van der Waals surface area contributed by atoms with Gasteiger partial charge in [0.1, 0.15) is 0 Å². The summed E-state index contributed by atoms with van der Waals surface area (Å²) in [7, 11) is -3.62. The van der Waals surface area contributed by atoms with Crippen molar-refractivity contribution in [3.8, 4) is 10.6 Å². The summed E-state index contributed by atoms with van der Waals surface area (Å²) >= 11 is 1.59. The van der Waals surface area contributed by atoms with Crippen molar-refractivity contribution < 1.29 is 13.2 Å². The summed E-state index contributed by atoms with van der Waals surface area (Å²) in [5.41, 5.74) is 2.95. The Morgan fingerprint density at radius 1 is 1.10 bits per heavy atom. The summed E-state index contributed by atoms with van der Waals surface area (Å²) in [6.45, 7) is 7.92. The van der Waals surface area contributed by atoms with Crippen molar-refractivity contribution >= 4 is 33.0 Å². The van der Waals surface area contributed by atoms with Gasteiger partial charge in [-0.2, -0.15) is 4.31 Å². The van der Waals surface area contributed by atoms with Crippen molar-refractivity contribution in [2.75, 3.05) is 18.4 Å². The molecular weight excluding hydrogens is 418 g/mol. The molecule has 0 radical (unpaired) electrons. The van der Waals surface area contributed by atoms with Gasteiger partial charge in [-0.1, -0.05) is 26.0 Å². The molecule has 0 unspecified atom stereocenters. The van der Waals surface area contributed by atoms with E-state index >= 15 is 0 Å². The van der Waals surface area contributed by atoms with Crippen molar-refractivity contribution in [2.45, 2.75) is 32.6 Å². The number of thiophene rings is 1. The number of rotatable bonds is 7. The number of benzene rings is 1. The maximum Gasteiger partial charge on any atom is 0.257 e. The van der Waals surface area contributed by atoms with Crippen molar-refractivity contribution in [2.24, 2.45) is 0 Å². The van der Waals surface area contributed by atoms with Gasteiger partial charge in [-0.3, -0.25) is 9.78 Å². The summed E-state index contributed by atoms with van der Waals surface area (Å²) in [5.74, 6) is -0.326. The molecule has 2 heterocycles. The average Bonchev–Trinajstić information content (AvgIpc) is 3.24. The number of pyridine rings is 1. The van der Waals surface area contributed by atoms with Crippen molar-refractivity contribution in [1.29, 1.82) is 0 Å². The van der Waals surface area contributed by atoms with Crippen LogP contribution in [-0.4, -0.2) is 36.7 Å². The van der Waals surface area contributed by atoms with Gasteiger partial charge in [-0.25, -0.2) is 8.42 Å². The number of hydrogen-bond donors (Lipinski definition) is 1.